The van der Waals surface area contributed by atoms with Crippen LogP contribution in [0, 0.1) is 5.92 Å². The van der Waals surface area contributed by atoms with Gasteiger partial charge in [-0.2, -0.15) is 0 Å². The van der Waals surface area contributed by atoms with Crippen LogP contribution in [0.25, 0.3) is 0 Å². The van der Waals surface area contributed by atoms with Crippen LogP contribution >= 0.6 is 7.60 Å². The molecule has 0 amide bonds. The van der Waals surface area contributed by atoms with Gasteiger partial charge in [-0.05, 0) is 19.9 Å². The van der Waals surface area contributed by atoms with Gasteiger partial charge >= 0.3 is 19.5 Å². The van der Waals surface area contributed by atoms with Gasteiger partial charge in [0.25, 0.3) is 0 Å². The van der Waals surface area contributed by atoms with Crippen LogP contribution in [0.3, 0.4) is 0 Å². The van der Waals surface area contributed by atoms with Crippen LogP contribution in [0.1, 0.15) is 26.7 Å². The number of hydrogen-bond acceptors (Lipinski definition) is 10. The molecule has 0 rings (SSSR count). The van der Waals surface area contributed by atoms with E-state index in [4.69, 9.17) is 38.2 Å². The van der Waals surface area contributed by atoms with E-state index in [1.165, 1.54) is 0 Å². The zero-order chi connectivity index (χ0) is 25.8. The van der Waals surface area contributed by atoms with Crippen LogP contribution in [0.2, 0.25) is 0 Å². The van der Waals surface area contributed by atoms with E-state index in [1.54, 1.807) is 28.1 Å². The third kappa shape index (κ3) is 19.2. The third-order valence-corrected chi connectivity index (χ3v) is 5.62. The lowest BCUT2D eigenvalue weighted by molar-refractivity contribution is -0.150. The lowest BCUT2D eigenvalue weighted by Gasteiger charge is -2.30. The van der Waals surface area contributed by atoms with Crippen LogP contribution < -0.4 is 0 Å². The van der Waals surface area contributed by atoms with Crippen LogP contribution in [-0.2, 0) is 42.6 Å². The van der Waals surface area contributed by atoms with E-state index in [9.17, 15) is 14.2 Å². The van der Waals surface area contributed by atoms with E-state index in [2.05, 4.69) is 0 Å². The van der Waals surface area contributed by atoms with Gasteiger partial charge in [0.05, 0.1) is 58.1 Å². The first-order valence-electron chi connectivity index (χ1n) is 11.3. The Kier molecular flexibility index (Phi) is 19.5. The number of rotatable bonds is 22. The predicted octanol–water partition coefficient (Wildman–Crippen LogP) is 0.683. The van der Waals surface area contributed by atoms with Gasteiger partial charge < -0.3 is 38.2 Å². The summed E-state index contributed by atoms with van der Waals surface area (Å²) in [5.74, 6) is -1.36. The molecule has 0 aromatic carbocycles. The molecule has 0 aliphatic carbocycles. The molecule has 0 bridgehead atoms. The minimum Gasteiger partial charge on any atom is -0.463 e. The number of esters is 2. The van der Waals surface area contributed by atoms with Crippen LogP contribution in [0.5, 0.6) is 0 Å². The van der Waals surface area contributed by atoms with Gasteiger partial charge in [0.2, 0.25) is 0 Å². The Bertz CT molecular complexity index is 587. The van der Waals surface area contributed by atoms with Gasteiger partial charge in [-0.1, -0.05) is 6.92 Å². The van der Waals surface area contributed by atoms with E-state index in [0.717, 1.165) is 0 Å². The molecular formula is C21H42NO11P. The van der Waals surface area contributed by atoms with Crippen LogP contribution in [0.15, 0.2) is 0 Å². The number of methoxy groups -OCH3 is 2. The average molecular weight is 516 g/mol. The van der Waals surface area contributed by atoms with Crippen molar-refractivity contribution in [3.63, 3.8) is 0 Å². The van der Waals surface area contributed by atoms with E-state index >= 15 is 0 Å². The van der Waals surface area contributed by atoms with E-state index in [-0.39, 0.29) is 58.0 Å². The summed E-state index contributed by atoms with van der Waals surface area (Å²) in [6, 6.07) is -0.314. The average Bonchev–Trinajstić information content (AvgIpc) is 2.76. The molecule has 2 atom stereocenters. The number of ether oxygens (including phenoxy) is 6. The molecule has 12 nitrogen and oxygen atoms in total. The van der Waals surface area contributed by atoms with Crippen molar-refractivity contribution in [2.45, 2.75) is 32.7 Å². The lowest BCUT2D eigenvalue weighted by Crippen LogP contribution is -2.41. The molecule has 2 N–H and O–H groups in total. The first-order chi connectivity index (χ1) is 16.1. The summed E-state index contributed by atoms with van der Waals surface area (Å²) in [4.78, 5) is 44.6. The summed E-state index contributed by atoms with van der Waals surface area (Å²) >= 11 is 0. The van der Waals surface area contributed by atoms with E-state index in [0.29, 0.717) is 33.0 Å². The van der Waals surface area contributed by atoms with Gasteiger partial charge in [-0.25, -0.2) is 0 Å². The zero-order valence-corrected chi connectivity index (χ0v) is 21.7. The molecule has 0 saturated carbocycles. The molecule has 13 heteroatoms. The maximum Gasteiger partial charge on any atom is 0.325 e. The molecule has 2 unspecified atom stereocenters. The minimum atomic E-state index is -4.14. The van der Waals surface area contributed by atoms with Crippen molar-refractivity contribution >= 4 is 19.5 Å². The summed E-state index contributed by atoms with van der Waals surface area (Å²) in [6.45, 7) is 6.53. The zero-order valence-electron chi connectivity index (χ0n) is 20.8. The SMILES string of the molecule is COCCOCCOC(=O)CC(C)N(CCCP(=O)(O)O)CC(C)C(=O)OCCOCCOC. The summed E-state index contributed by atoms with van der Waals surface area (Å²) in [7, 11) is -1.01. The predicted molar refractivity (Wildman–Crippen MR) is 124 cm³/mol. The van der Waals surface area contributed by atoms with Gasteiger partial charge in [0.15, 0.2) is 0 Å². The van der Waals surface area contributed by atoms with Crippen LogP contribution in [0.4, 0.5) is 0 Å². The number of carbonyl (C=O) groups excluding carboxylic acids is 2. The van der Waals surface area contributed by atoms with Gasteiger partial charge in [-0.3, -0.25) is 19.1 Å². The van der Waals surface area contributed by atoms with Crippen molar-refractivity contribution in [3.8, 4) is 0 Å². The monoisotopic (exact) mass is 515 g/mol. The van der Waals surface area contributed by atoms with Crippen molar-refractivity contribution < 1.29 is 52.4 Å². The number of carbonyl (C=O) groups is 2. The fraction of sp³-hybridized carbons (Fsp3) is 0.905. The van der Waals surface area contributed by atoms with Crippen molar-refractivity contribution in [2.75, 3.05) is 86.3 Å². The topological polar surface area (TPSA) is 150 Å². The molecule has 34 heavy (non-hydrogen) atoms. The molecule has 0 saturated heterocycles. The second-order valence-corrected chi connectivity index (χ2v) is 9.57. The Hall–Kier alpha value is -1.11. The molecule has 0 aromatic heterocycles. The lowest BCUT2D eigenvalue weighted by atomic mass is 10.1. The quantitative estimate of drug-likeness (QED) is 0.119. The largest absolute Gasteiger partial charge is 0.463 e. The maximum atomic E-state index is 12.3. The number of hydrogen-bond donors (Lipinski definition) is 2. The highest BCUT2D eigenvalue weighted by molar-refractivity contribution is 7.51. The normalized spacial score (nSPS) is 13.6. The van der Waals surface area contributed by atoms with Crippen molar-refractivity contribution in [2.24, 2.45) is 5.92 Å². The molecule has 0 aliphatic rings. The summed E-state index contributed by atoms with van der Waals surface area (Å²) in [6.07, 6.45) is -0.00762. The Labute approximate surface area is 202 Å². The van der Waals surface area contributed by atoms with Gasteiger partial charge in [0, 0.05) is 26.8 Å². The maximum absolute atomic E-state index is 12.3. The smallest absolute Gasteiger partial charge is 0.325 e. The minimum absolute atomic E-state index is 0.0586. The van der Waals surface area contributed by atoms with E-state index in [1.807, 2.05) is 4.90 Å². The first-order valence-corrected chi connectivity index (χ1v) is 13.1. The van der Waals surface area contributed by atoms with Crippen molar-refractivity contribution in [1.29, 1.82) is 0 Å². The molecule has 0 aromatic rings. The molecule has 0 aliphatic heterocycles. The van der Waals surface area contributed by atoms with E-state index < -0.39 is 25.5 Å². The molecule has 0 fully saturated rings. The van der Waals surface area contributed by atoms with Crippen molar-refractivity contribution in [1.82, 2.24) is 4.90 Å². The summed E-state index contributed by atoms with van der Waals surface area (Å²) in [5.41, 5.74) is 0. The fourth-order valence-electron chi connectivity index (χ4n) is 2.87. The van der Waals surface area contributed by atoms with Crippen molar-refractivity contribution in [3.05, 3.63) is 0 Å². The Morgan fingerprint density at radius 2 is 1.38 bits per heavy atom. The summed E-state index contributed by atoms with van der Waals surface area (Å²) < 4.78 is 41.8. The standard InChI is InChI=1S/C21H42NO11P/c1-18(21(24)33-14-12-31-10-8-29-4)17-22(6-5-15-34(25,26)27)19(2)16-20(23)32-13-11-30-9-7-28-3/h18-19H,5-17H2,1-4H3,(H2,25,26,27). The highest BCUT2D eigenvalue weighted by atomic mass is 31.2. The van der Waals surface area contributed by atoms with Gasteiger partial charge in [-0.15, -0.1) is 0 Å². The molecule has 0 spiro atoms. The molecule has 202 valence electrons. The van der Waals surface area contributed by atoms with Crippen LogP contribution in [-0.4, -0.2) is 119 Å². The Morgan fingerprint density at radius 1 is 0.853 bits per heavy atom. The second-order valence-electron chi connectivity index (χ2n) is 7.79. The first kappa shape index (κ1) is 32.9. The van der Waals surface area contributed by atoms with Gasteiger partial charge in [0.1, 0.15) is 13.2 Å². The fourth-order valence-corrected chi connectivity index (χ4v) is 3.43. The Morgan fingerprint density at radius 3 is 1.91 bits per heavy atom. The molecular weight excluding hydrogens is 473 g/mol. The third-order valence-electron chi connectivity index (χ3n) is 4.72. The molecule has 0 heterocycles. The number of nitrogens with zero attached hydrogens (tertiary/aromatic N) is 1. The Balaban J connectivity index is 4.62. The second kappa shape index (κ2) is 20.1. The molecule has 0 radical (unpaired) electrons. The highest BCUT2D eigenvalue weighted by Gasteiger charge is 2.25. The highest BCUT2D eigenvalue weighted by Crippen LogP contribution is 2.35. The summed E-state index contributed by atoms with van der Waals surface area (Å²) in [5, 5.41) is 0.